The fourth-order valence-corrected chi connectivity index (χ4v) is 6.40. The highest BCUT2D eigenvalue weighted by atomic mass is 19.2. The van der Waals surface area contributed by atoms with Crippen molar-refractivity contribution in [2.45, 2.75) is 70.1 Å². The molecule has 1 aliphatic carbocycles. The molecule has 2 fully saturated rings. The highest BCUT2D eigenvalue weighted by Gasteiger charge is 2.36. The molecule has 1 atom stereocenters. The van der Waals surface area contributed by atoms with Crippen LogP contribution < -0.4 is 4.90 Å². The fraction of sp³-hybridized carbons (Fsp3) is 0.433. The third-order valence-electron chi connectivity index (χ3n) is 8.31. The Labute approximate surface area is 226 Å². The third-order valence-corrected chi connectivity index (χ3v) is 8.31. The third kappa shape index (κ3) is 4.62. The number of carbonyl (C=O) groups is 1. The SMILES string of the molecule is COC1CCC(n2c([C@@H]3CCCC(=O)N3c3ccc(F)c(F)c3)nc3cc(-c4cn(C)nc4C)ccc32)CC1. The van der Waals surface area contributed by atoms with Gasteiger partial charge in [-0.3, -0.25) is 9.48 Å². The van der Waals surface area contributed by atoms with Crippen molar-refractivity contribution < 1.29 is 18.3 Å². The van der Waals surface area contributed by atoms with Crippen LogP contribution in [0.4, 0.5) is 14.5 Å². The molecule has 2 aromatic carbocycles. The summed E-state index contributed by atoms with van der Waals surface area (Å²) in [6.45, 7) is 1.99. The molecule has 204 valence electrons. The number of anilines is 1. The lowest BCUT2D eigenvalue weighted by molar-refractivity contribution is -0.120. The van der Waals surface area contributed by atoms with Crippen molar-refractivity contribution in [3.8, 4) is 11.1 Å². The quantitative estimate of drug-likeness (QED) is 0.297. The lowest BCUT2D eigenvalue weighted by Crippen LogP contribution is -2.40. The van der Waals surface area contributed by atoms with Gasteiger partial charge in [-0.15, -0.1) is 0 Å². The number of ether oxygens (including phenoxy) is 1. The Morgan fingerprint density at radius 3 is 2.49 bits per heavy atom. The molecular weight excluding hydrogens is 500 g/mol. The summed E-state index contributed by atoms with van der Waals surface area (Å²) >= 11 is 0. The number of nitrogens with zero attached hydrogens (tertiary/aromatic N) is 5. The first-order chi connectivity index (χ1) is 18.8. The molecule has 4 aromatic rings. The molecule has 1 amide bonds. The van der Waals surface area contributed by atoms with Gasteiger partial charge in [-0.2, -0.15) is 5.10 Å². The Morgan fingerprint density at radius 1 is 1.00 bits per heavy atom. The second kappa shape index (κ2) is 10.2. The summed E-state index contributed by atoms with van der Waals surface area (Å²) in [5, 5.41) is 4.50. The number of piperidine rings is 1. The number of aryl methyl sites for hydroxylation is 2. The Hall–Kier alpha value is -3.59. The van der Waals surface area contributed by atoms with Gasteiger partial charge in [-0.25, -0.2) is 13.8 Å². The minimum absolute atomic E-state index is 0.106. The highest BCUT2D eigenvalue weighted by Crippen LogP contribution is 2.41. The van der Waals surface area contributed by atoms with E-state index in [0.717, 1.165) is 71.5 Å². The number of benzene rings is 2. The summed E-state index contributed by atoms with van der Waals surface area (Å²) in [6.07, 6.45) is 7.78. The van der Waals surface area contributed by atoms with Crippen LogP contribution in [0.25, 0.3) is 22.2 Å². The zero-order valence-electron chi connectivity index (χ0n) is 22.5. The molecule has 0 unspecified atom stereocenters. The molecule has 39 heavy (non-hydrogen) atoms. The van der Waals surface area contributed by atoms with E-state index in [2.05, 4.69) is 27.9 Å². The van der Waals surface area contributed by atoms with E-state index in [1.807, 2.05) is 20.2 Å². The van der Waals surface area contributed by atoms with Crippen LogP contribution in [-0.2, 0) is 16.6 Å². The van der Waals surface area contributed by atoms with Crippen molar-refractivity contribution in [2.24, 2.45) is 7.05 Å². The van der Waals surface area contributed by atoms with Crippen molar-refractivity contribution in [1.82, 2.24) is 19.3 Å². The van der Waals surface area contributed by atoms with Gasteiger partial charge in [-0.1, -0.05) is 6.07 Å². The lowest BCUT2D eigenvalue weighted by atomic mass is 9.91. The van der Waals surface area contributed by atoms with Crippen LogP contribution >= 0.6 is 0 Å². The number of halogens is 2. The Bertz CT molecular complexity index is 1540. The Balaban J connectivity index is 1.49. The number of aromatic nitrogens is 4. The summed E-state index contributed by atoms with van der Waals surface area (Å²) in [7, 11) is 3.67. The predicted octanol–water partition coefficient (Wildman–Crippen LogP) is 6.41. The number of imidazole rings is 1. The van der Waals surface area contributed by atoms with Gasteiger partial charge in [-0.05, 0) is 75.3 Å². The molecular formula is C30H33F2N5O2. The van der Waals surface area contributed by atoms with E-state index in [-0.39, 0.29) is 24.1 Å². The minimum Gasteiger partial charge on any atom is -0.381 e. The predicted molar refractivity (Wildman–Crippen MR) is 145 cm³/mol. The summed E-state index contributed by atoms with van der Waals surface area (Å²) in [5.41, 5.74) is 5.24. The van der Waals surface area contributed by atoms with Gasteiger partial charge < -0.3 is 14.2 Å². The van der Waals surface area contributed by atoms with Crippen molar-refractivity contribution in [3.05, 3.63) is 65.7 Å². The largest absolute Gasteiger partial charge is 0.381 e. The van der Waals surface area contributed by atoms with Crippen molar-refractivity contribution in [2.75, 3.05) is 12.0 Å². The van der Waals surface area contributed by atoms with E-state index in [9.17, 15) is 13.6 Å². The summed E-state index contributed by atoms with van der Waals surface area (Å²) in [5.74, 6) is -1.21. The van der Waals surface area contributed by atoms with E-state index >= 15 is 0 Å². The number of hydrogen-bond acceptors (Lipinski definition) is 4. The van der Waals surface area contributed by atoms with E-state index in [0.29, 0.717) is 24.9 Å². The van der Waals surface area contributed by atoms with Crippen LogP contribution in [0.5, 0.6) is 0 Å². The summed E-state index contributed by atoms with van der Waals surface area (Å²) < 4.78 is 37.8. The summed E-state index contributed by atoms with van der Waals surface area (Å²) in [6, 6.07) is 9.81. The molecule has 0 bridgehead atoms. The number of rotatable bonds is 5. The van der Waals surface area contributed by atoms with Gasteiger partial charge in [0.05, 0.1) is 28.9 Å². The van der Waals surface area contributed by atoms with Gasteiger partial charge in [0.1, 0.15) is 5.82 Å². The van der Waals surface area contributed by atoms with E-state index in [1.54, 1.807) is 16.7 Å². The number of hydrogen-bond donors (Lipinski definition) is 0. The summed E-state index contributed by atoms with van der Waals surface area (Å²) in [4.78, 5) is 20.1. The molecule has 6 rings (SSSR count). The maximum absolute atomic E-state index is 14.3. The second-order valence-electron chi connectivity index (χ2n) is 10.8. The topological polar surface area (TPSA) is 65.2 Å². The van der Waals surface area contributed by atoms with Crippen LogP contribution in [0, 0.1) is 18.6 Å². The van der Waals surface area contributed by atoms with Gasteiger partial charge >= 0.3 is 0 Å². The molecule has 1 aliphatic heterocycles. The fourth-order valence-electron chi connectivity index (χ4n) is 6.40. The van der Waals surface area contributed by atoms with Gasteiger partial charge in [0, 0.05) is 50.1 Å². The zero-order valence-corrected chi connectivity index (χ0v) is 22.5. The lowest BCUT2D eigenvalue weighted by Gasteiger charge is -2.37. The smallest absolute Gasteiger partial charge is 0.227 e. The second-order valence-corrected chi connectivity index (χ2v) is 10.8. The highest BCUT2D eigenvalue weighted by molar-refractivity contribution is 5.95. The molecule has 1 saturated carbocycles. The van der Waals surface area contributed by atoms with Crippen LogP contribution in [0.3, 0.4) is 0 Å². The Morgan fingerprint density at radius 2 is 1.79 bits per heavy atom. The van der Waals surface area contributed by atoms with Crippen molar-refractivity contribution in [1.29, 1.82) is 0 Å². The molecule has 9 heteroatoms. The first-order valence-electron chi connectivity index (χ1n) is 13.7. The normalized spacial score (nSPS) is 22.1. The maximum Gasteiger partial charge on any atom is 0.227 e. The molecule has 0 N–H and O–H groups in total. The van der Waals surface area contributed by atoms with Crippen LogP contribution in [-0.4, -0.2) is 38.5 Å². The molecule has 7 nitrogen and oxygen atoms in total. The molecule has 1 saturated heterocycles. The van der Waals surface area contributed by atoms with E-state index in [4.69, 9.17) is 9.72 Å². The maximum atomic E-state index is 14.3. The van der Waals surface area contributed by atoms with Gasteiger partial charge in [0.25, 0.3) is 0 Å². The first-order valence-corrected chi connectivity index (χ1v) is 13.7. The van der Waals surface area contributed by atoms with Crippen molar-refractivity contribution >= 4 is 22.6 Å². The molecule has 3 heterocycles. The van der Waals surface area contributed by atoms with Gasteiger partial charge in [0.2, 0.25) is 5.91 Å². The van der Waals surface area contributed by atoms with E-state index < -0.39 is 11.6 Å². The van der Waals surface area contributed by atoms with E-state index in [1.165, 1.54) is 6.07 Å². The monoisotopic (exact) mass is 533 g/mol. The average molecular weight is 534 g/mol. The molecule has 0 spiro atoms. The van der Waals surface area contributed by atoms with Gasteiger partial charge in [0.15, 0.2) is 11.6 Å². The van der Waals surface area contributed by atoms with Crippen molar-refractivity contribution in [3.63, 3.8) is 0 Å². The molecule has 2 aromatic heterocycles. The van der Waals surface area contributed by atoms with Crippen LogP contribution in [0.2, 0.25) is 0 Å². The number of fused-ring (bicyclic) bond motifs is 1. The standard InChI is InChI=1S/C30H33F2N5O2/c1-18-23(17-35(2)34-18)19-7-14-27-26(15-19)33-30(37(27)20-8-11-22(39-3)12-9-20)28-5-4-6-29(38)36(28)21-10-13-24(31)25(32)16-21/h7,10,13-17,20,22,28H,4-6,8-9,11-12H2,1-3H3/t20?,22?,28-/m0/s1. The minimum atomic E-state index is -0.965. The number of carbonyl (C=O) groups excluding carboxylic acids is 1. The number of amides is 1. The average Bonchev–Trinajstić information content (AvgIpc) is 3.48. The van der Waals surface area contributed by atoms with Crippen LogP contribution in [0.1, 0.15) is 68.5 Å². The molecule has 2 aliphatic rings. The zero-order chi connectivity index (χ0) is 27.3. The number of methoxy groups -OCH3 is 1. The van der Waals surface area contributed by atoms with Crippen LogP contribution in [0.15, 0.2) is 42.6 Å². The molecule has 0 radical (unpaired) electrons. The Kier molecular flexibility index (Phi) is 6.71. The first kappa shape index (κ1) is 25.7.